The van der Waals surface area contributed by atoms with E-state index in [0.29, 0.717) is 37.3 Å². The van der Waals surface area contributed by atoms with Crippen LogP contribution in [0, 0.1) is 13.8 Å². The lowest BCUT2D eigenvalue weighted by Crippen LogP contribution is -2.38. The van der Waals surface area contributed by atoms with Gasteiger partial charge >= 0.3 is 0 Å². The van der Waals surface area contributed by atoms with Crippen LogP contribution in [0.15, 0.2) is 17.2 Å². The van der Waals surface area contributed by atoms with Gasteiger partial charge < -0.3 is 14.5 Å². The Hall–Kier alpha value is -2.44. The van der Waals surface area contributed by atoms with Crippen LogP contribution in [0.2, 0.25) is 0 Å². The summed E-state index contributed by atoms with van der Waals surface area (Å²) in [4.78, 5) is 38.0. The monoisotopic (exact) mass is 315 g/mol. The number of nitrogens with one attached hydrogen (secondary N) is 1. The van der Waals surface area contributed by atoms with Crippen molar-refractivity contribution in [1.29, 1.82) is 0 Å². The fourth-order valence-electron chi connectivity index (χ4n) is 3.13. The third kappa shape index (κ3) is 2.91. The predicted octanol–water partition coefficient (Wildman–Crippen LogP) is 0.772. The van der Waals surface area contributed by atoms with Gasteiger partial charge in [-0.15, -0.1) is 0 Å². The fraction of sp³-hybridized carbons (Fsp3) is 0.500. The summed E-state index contributed by atoms with van der Waals surface area (Å²) in [6, 6.07) is -0.299. The second-order valence-corrected chi connectivity index (χ2v) is 5.96. The van der Waals surface area contributed by atoms with Gasteiger partial charge in [-0.25, -0.2) is 9.97 Å². The third-order valence-electron chi connectivity index (χ3n) is 4.42. The molecule has 0 spiro atoms. The maximum atomic E-state index is 12.8. The zero-order valence-electron chi connectivity index (χ0n) is 13.7. The van der Waals surface area contributed by atoms with Gasteiger partial charge in [-0.3, -0.25) is 9.59 Å². The molecule has 0 saturated heterocycles. The first-order valence-corrected chi connectivity index (χ1v) is 7.84. The minimum absolute atomic E-state index is 0.0482. The maximum Gasteiger partial charge on any atom is 0.254 e. The highest BCUT2D eigenvalue weighted by Gasteiger charge is 2.26. The molecule has 1 atom stereocenters. The summed E-state index contributed by atoms with van der Waals surface area (Å²) in [5.41, 5.74) is 1.44. The van der Waals surface area contributed by atoms with Crippen LogP contribution in [-0.4, -0.2) is 43.4 Å². The van der Waals surface area contributed by atoms with E-state index in [1.807, 2.05) is 29.5 Å². The first-order valence-electron chi connectivity index (χ1n) is 7.84. The Morgan fingerprint density at radius 2 is 2.04 bits per heavy atom. The van der Waals surface area contributed by atoms with Crippen LogP contribution < -0.4 is 5.56 Å². The molecule has 122 valence electrons. The lowest BCUT2D eigenvalue weighted by molar-refractivity contribution is -0.134. The molecule has 3 heterocycles. The number of hydrogen-bond acceptors (Lipinski definition) is 4. The number of H-pyrrole nitrogens is 1. The molecule has 1 N–H and O–H groups in total. The Labute approximate surface area is 134 Å². The minimum Gasteiger partial charge on any atom is -0.340 e. The van der Waals surface area contributed by atoms with Gasteiger partial charge in [0.2, 0.25) is 5.91 Å². The van der Waals surface area contributed by atoms with Crippen LogP contribution >= 0.6 is 0 Å². The van der Waals surface area contributed by atoms with Gasteiger partial charge in [0.15, 0.2) is 0 Å². The van der Waals surface area contributed by atoms with E-state index in [0.717, 1.165) is 11.5 Å². The van der Waals surface area contributed by atoms with Gasteiger partial charge in [0.05, 0.1) is 5.69 Å². The molecular weight excluding hydrogens is 294 g/mol. The van der Waals surface area contributed by atoms with Gasteiger partial charge in [0.25, 0.3) is 5.56 Å². The average molecular weight is 315 g/mol. The standard InChI is InChI=1S/C16H21N5O2/c1-10(21-9-6-17-12(21)3)16(23)20-7-4-13-14(5-8-20)18-11(2)19-15(13)22/h6,9-10H,4-5,7-8H2,1-3H3,(H,18,19,22)/t10-/m0/s1. The highest BCUT2D eigenvalue weighted by Crippen LogP contribution is 2.16. The van der Waals surface area contributed by atoms with Gasteiger partial charge in [0.1, 0.15) is 17.7 Å². The van der Waals surface area contributed by atoms with E-state index >= 15 is 0 Å². The summed E-state index contributed by atoms with van der Waals surface area (Å²) in [5.74, 6) is 1.49. The summed E-state index contributed by atoms with van der Waals surface area (Å²) >= 11 is 0. The molecule has 7 nitrogen and oxygen atoms in total. The van der Waals surface area contributed by atoms with Crippen molar-refractivity contribution < 1.29 is 4.79 Å². The summed E-state index contributed by atoms with van der Waals surface area (Å²) in [6.07, 6.45) is 4.67. The Balaban J connectivity index is 1.79. The van der Waals surface area contributed by atoms with Gasteiger partial charge in [0, 0.05) is 37.5 Å². The van der Waals surface area contributed by atoms with Crippen molar-refractivity contribution in [2.24, 2.45) is 0 Å². The van der Waals surface area contributed by atoms with Crippen molar-refractivity contribution in [2.45, 2.75) is 39.7 Å². The third-order valence-corrected chi connectivity index (χ3v) is 4.42. The maximum absolute atomic E-state index is 12.8. The molecule has 1 amide bonds. The lowest BCUT2D eigenvalue weighted by atomic mass is 10.1. The van der Waals surface area contributed by atoms with Crippen LogP contribution in [0.25, 0.3) is 0 Å². The second-order valence-electron chi connectivity index (χ2n) is 5.96. The number of rotatable bonds is 2. The van der Waals surface area contributed by atoms with Crippen molar-refractivity contribution in [3.05, 3.63) is 45.7 Å². The van der Waals surface area contributed by atoms with Crippen molar-refractivity contribution >= 4 is 5.91 Å². The van der Waals surface area contributed by atoms with Gasteiger partial charge in [-0.05, 0) is 27.2 Å². The zero-order chi connectivity index (χ0) is 16.6. The van der Waals surface area contributed by atoms with Crippen LogP contribution in [0.3, 0.4) is 0 Å². The Morgan fingerprint density at radius 1 is 1.30 bits per heavy atom. The lowest BCUT2D eigenvalue weighted by Gasteiger charge is -2.25. The number of aryl methyl sites for hydroxylation is 2. The first kappa shape index (κ1) is 15.5. The normalized spacial score (nSPS) is 15.9. The first-order chi connectivity index (χ1) is 11.0. The number of nitrogens with zero attached hydrogens (tertiary/aromatic N) is 4. The van der Waals surface area contributed by atoms with Crippen molar-refractivity contribution in [3.63, 3.8) is 0 Å². The van der Waals surface area contributed by atoms with Gasteiger partial charge in [-0.1, -0.05) is 0 Å². The molecule has 0 aromatic carbocycles. The van der Waals surface area contributed by atoms with E-state index in [-0.39, 0.29) is 17.5 Å². The molecule has 2 aromatic heterocycles. The molecule has 3 rings (SSSR count). The number of fused-ring (bicyclic) bond motifs is 1. The van der Waals surface area contributed by atoms with Crippen LogP contribution in [0.1, 0.15) is 35.9 Å². The van der Waals surface area contributed by atoms with E-state index < -0.39 is 0 Å². The van der Waals surface area contributed by atoms with Crippen molar-refractivity contribution in [1.82, 2.24) is 24.4 Å². The van der Waals surface area contributed by atoms with Crippen LogP contribution in [0.4, 0.5) is 0 Å². The topological polar surface area (TPSA) is 83.9 Å². The molecule has 0 bridgehead atoms. The Morgan fingerprint density at radius 3 is 2.74 bits per heavy atom. The van der Waals surface area contributed by atoms with E-state index in [1.54, 1.807) is 13.1 Å². The fourth-order valence-corrected chi connectivity index (χ4v) is 3.13. The number of aromatic nitrogens is 4. The summed E-state index contributed by atoms with van der Waals surface area (Å²) in [5, 5.41) is 0. The zero-order valence-corrected chi connectivity index (χ0v) is 13.7. The van der Waals surface area contributed by atoms with Crippen molar-refractivity contribution in [3.8, 4) is 0 Å². The summed E-state index contributed by atoms with van der Waals surface area (Å²) in [6.45, 7) is 6.66. The number of hydrogen-bond donors (Lipinski definition) is 1. The van der Waals surface area contributed by atoms with E-state index in [9.17, 15) is 9.59 Å². The SMILES string of the molecule is Cc1nc2c(c(=O)[nH]1)CCN(C(=O)[C@H](C)n1ccnc1C)CC2. The number of amides is 1. The Kier molecular flexibility index (Phi) is 4.02. The molecule has 2 aromatic rings. The van der Waals surface area contributed by atoms with E-state index in [1.165, 1.54) is 0 Å². The average Bonchev–Trinajstić information content (AvgIpc) is 2.81. The minimum atomic E-state index is -0.299. The second kappa shape index (κ2) is 5.98. The number of imidazole rings is 1. The molecule has 0 aliphatic carbocycles. The Bertz CT molecular complexity index is 792. The molecule has 0 radical (unpaired) electrons. The molecule has 23 heavy (non-hydrogen) atoms. The molecule has 1 aliphatic rings. The van der Waals surface area contributed by atoms with Crippen LogP contribution in [-0.2, 0) is 17.6 Å². The molecule has 0 fully saturated rings. The molecule has 7 heteroatoms. The van der Waals surface area contributed by atoms with E-state index in [4.69, 9.17) is 0 Å². The largest absolute Gasteiger partial charge is 0.340 e. The molecule has 0 unspecified atom stereocenters. The predicted molar refractivity (Wildman–Crippen MR) is 85.3 cm³/mol. The number of carbonyl (C=O) groups excluding carboxylic acids is 1. The van der Waals surface area contributed by atoms with Gasteiger partial charge in [-0.2, -0.15) is 0 Å². The highest BCUT2D eigenvalue weighted by molar-refractivity contribution is 5.80. The smallest absolute Gasteiger partial charge is 0.254 e. The van der Waals surface area contributed by atoms with Crippen LogP contribution in [0.5, 0.6) is 0 Å². The molecule has 1 aliphatic heterocycles. The summed E-state index contributed by atoms with van der Waals surface area (Å²) in [7, 11) is 0. The highest BCUT2D eigenvalue weighted by atomic mass is 16.2. The number of carbonyl (C=O) groups is 1. The molecule has 0 saturated carbocycles. The van der Waals surface area contributed by atoms with Crippen molar-refractivity contribution in [2.75, 3.05) is 13.1 Å². The number of aromatic amines is 1. The molecular formula is C16H21N5O2. The quantitative estimate of drug-likeness (QED) is 0.887. The van der Waals surface area contributed by atoms with E-state index in [2.05, 4.69) is 15.0 Å². The summed E-state index contributed by atoms with van der Waals surface area (Å²) < 4.78 is 1.87.